The summed E-state index contributed by atoms with van der Waals surface area (Å²) in [6.07, 6.45) is 0.822. The Morgan fingerprint density at radius 2 is 2.10 bits per heavy atom. The number of aliphatic hydroxyl groups is 2. The van der Waals surface area contributed by atoms with Crippen molar-refractivity contribution in [3.8, 4) is 0 Å². The third-order valence-corrected chi connectivity index (χ3v) is 3.50. The molecule has 4 N–H and O–H groups in total. The molecule has 106 valence electrons. The summed E-state index contributed by atoms with van der Waals surface area (Å²) in [6, 6.07) is 0. The van der Waals surface area contributed by atoms with E-state index in [0.717, 1.165) is 0 Å². The maximum absolute atomic E-state index is 10.1. The fourth-order valence-corrected chi connectivity index (χ4v) is 2.50. The number of imidazole rings is 1. The van der Waals surface area contributed by atoms with Gasteiger partial charge in [-0.1, -0.05) is 15.9 Å². The first-order valence-corrected chi connectivity index (χ1v) is 6.76. The minimum atomic E-state index is -1.10. The van der Waals surface area contributed by atoms with Crippen LogP contribution in [-0.2, 0) is 4.74 Å². The maximum atomic E-state index is 10.1. The first kappa shape index (κ1) is 13.4. The predicted molar refractivity (Wildman–Crippen MR) is 73.7 cm³/mol. The van der Waals surface area contributed by atoms with Gasteiger partial charge in [0.1, 0.15) is 30.2 Å². The summed E-state index contributed by atoms with van der Waals surface area (Å²) in [4.78, 5) is 13.6. The molecular formula is C11H12BrN5O3. The van der Waals surface area contributed by atoms with Crippen LogP contribution in [0.25, 0.3) is 11.2 Å². The predicted octanol–water partition coefficient (Wildman–Crippen LogP) is -0.0637. The fraction of sp³-hybridized carbons (Fsp3) is 0.364. The zero-order valence-corrected chi connectivity index (χ0v) is 11.8. The third kappa shape index (κ3) is 1.99. The molecule has 0 bridgehead atoms. The first-order chi connectivity index (χ1) is 9.63. The van der Waals surface area contributed by atoms with Gasteiger partial charge in [0.25, 0.3) is 0 Å². The van der Waals surface area contributed by atoms with Crippen LogP contribution in [0.5, 0.6) is 0 Å². The van der Waals surface area contributed by atoms with Gasteiger partial charge in [-0.25, -0.2) is 15.0 Å². The lowest BCUT2D eigenvalue weighted by atomic mass is 10.1. The van der Waals surface area contributed by atoms with Gasteiger partial charge >= 0.3 is 0 Å². The number of fused-ring (bicyclic) bond motifs is 1. The highest BCUT2D eigenvalue weighted by molar-refractivity contribution is 9.11. The standard InChI is InChI=1S/C11H12BrN5O3/c12-2-1-5-7(18)8(19)11(20-5)17-4-16-6-9(13)14-3-15-10(6)17/h1-5,7-8,11,18-19H,(H2,13,14,15)/b2-1+/t5-,7-,8-,11-/m0/s1. The van der Waals surface area contributed by atoms with Crippen molar-refractivity contribution in [2.24, 2.45) is 0 Å². The Hall–Kier alpha value is -1.55. The molecule has 0 spiro atoms. The molecule has 20 heavy (non-hydrogen) atoms. The van der Waals surface area contributed by atoms with Crippen LogP contribution >= 0.6 is 15.9 Å². The highest BCUT2D eigenvalue weighted by atomic mass is 79.9. The molecule has 0 aliphatic carbocycles. The number of nitrogen functional groups attached to an aromatic ring is 1. The van der Waals surface area contributed by atoms with Gasteiger partial charge in [0.2, 0.25) is 0 Å². The Morgan fingerprint density at radius 1 is 1.30 bits per heavy atom. The summed E-state index contributed by atoms with van der Waals surface area (Å²) in [5, 5.41) is 20.1. The van der Waals surface area contributed by atoms with Crippen molar-refractivity contribution in [3.05, 3.63) is 23.7 Å². The quantitative estimate of drug-likeness (QED) is 0.699. The zero-order valence-electron chi connectivity index (χ0n) is 10.2. The van der Waals surface area contributed by atoms with Crippen LogP contribution in [0, 0.1) is 0 Å². The van der Waals surface area contributed by atoms with Gasteiger partial charge in [-0.3, -0.25) is 4.57 Å². The van der Waals surface area contributed by atoms with Crippen LogP contribution < -0.4 is 5.73 Å². The number of rotatable bonds is 2. The molecule has 9 heteroatoms. The number of ether oxygens (including phenoxy) is 1. The van der Waals surface area contributed by atoms with Crippen molar-refractivity contribution < 1.29 is 14.9 Å². The van der Waals surface area contributed by atoms with Crippen molar-refractivity contribution in [2.75, 3.05) is 5.73 Å². The number of nitrogens with two attached hydrogens (primary N) is 1. The van der Waals surface area contributed by atoms with Crippen LogP contribution in [0.4, 0.5) is 5.82 Å². The number of nitrogens with zero attached hydrogens (tertiary/aromatic N) is 4. The molecule has 0 unspecified atom stereocenters. The van der Waals surface area contributed by atoms with E-state index in [1.807, 2.05) is 0 Å². The lowest BCUT2D eigenvalue weighted by molar-refractivity contribution is -0.0244. The minimum absolute atomic E-state index is 0.249. The van der Waals surface area contributed by atoms with E-state index in [1.165, 1.54) is 17.2 Å². The molecule has 2 aromatic rings. The molecule has 0 amide bonds. The summed E-state index contributed by atoms with van der Waals surface area (Å²) >= 11 is 3.12. The molecule has 1 fully saturated rings. The number of aromatic nitrogens is 4. The number of aliphatic hydroxyl groups excluding tert-OH is 2. The van der Waals surface area contributed by atoms with Crippen molar-refractivity contribution in [1.82, 2.24) is 19.5 Å². The van der Waals surface area contributed by atoms with Gasteiger partial charge in [-0.05, 0) is 11.1 Å². The Balaban J connectivity index is 2.02. The average Bonchev–Trinajstić information content (AvgIpc) is 2.97. The smallest absolute Gasteiger partial charge is 0.167 e. The number of anilines is 1. The number of hydrogen-bond donors (Lipinski definition) is 3. The van der Waals surface area contributed by atoms with E-state index in [1.54, 1.807) is 11.1 Å². The number of halogens is 1. The molecule has 1 aliphatic heterocycles. The Labute approximate surface area is 122 Å². The van der Waals surface area contributed by atoms with E-state index in [0.29, 0.717) is 11.2 Å². The third-order valence-electron chi connectivity index (χ3n) is 3.20. The first-order valence-electron chi connectivity index (χ1n) is 5.85. The molecule has 1 saturated heterocycles. The van der Waals surface area contributed by atoms with E-state index >= 15 is 0 Å². The SMILES string of the molecule is Nc1ncnc2c1ncn2[C@H]1O[C@@H](/C=C/Br)[C@H](O)[C@@H]1O. The van der Waals surface area contributed by atoms with Crippen molar-refractivity contribution in [2.45, 2.75) is 24.5 Å². The summed E-state index contributed by atoms with van der Waals surface area (Å²) in [5.41, 5.74) is 6.58. The lowest BCUT2D eigenvalue weighted by Crippen LogP contribution is -2.30. The molecule has 0 radical (unpaired) electrons. The molecule has 8 nitrogen and oxygen atoms in total. The summed E-state index contributed by atoms with van der Waals surface area (Å²) in [5.74, 6) is 0.249. The fourth-order valence-electron chi connectivity index (χ4n) is 2.20. The van der Waals surface area contributed by atoms with Gasteiger partial charge < -0.3 is 20.7 Å². The van der Waals surface area contributed by atoms with Gasteiger partial charge in [0.05, 0.1) is 6.33 Å². The van der Waals surface area contributed by atoms with Gasteiger partial charge in [0.15, 0.2) is 17.7 Å². The lowest BCUT2D eigenvalue weighted by Gasteiger charge is -2.16. The molecule has 0 aromatic carbocycles. The van der Waals surface area contributed by atoms with E-state index in [4.69, 9.17) is 10.5 Å². The monoisotopic (exact) mass is 341 g/mol. The zero-order chi connectivity index (χ0) is 14.3. The van der Waals surface area contributed by atoms with Crippen LogP contribution in [0.15, 0.2) is 23.7 Å². The largest absolute Gasteiger partial charge is 0.387 e. The molecular weight excluding hydrogens is 330 g/mol. The van der Waals surface area contributed by atoms with E-state index in [9.17, 15) is 10.2 Å². The van der Waals surface area contributed by atoms with Crippen LogP contribution in [0.1, 0.15) is 6.23 Å². The second-order valence-corrected chi connectivity index (χ2v) is 4.90. The Morgan fingerprint density at radius 3 is 2.85 bits per heavy atom. The molecule has 3 heterocycles. The second kappa shape index (κ2) is 5.09. The topological polar surface area (TPSA) is 119 Å². The van der Waals surface area contributed by atoms with Crippen LogP contribution in [0.2, 0.25) is 0 Å². The van der Waals surface area contributed by atoms with E-state index in [2.05, 4.69) is 30.9 Å². The van der Waals surface area contributed by atoms with Gasteiger partial charge in [-0.2, -0.15) is 0 Å². The van der Waals surface area contributed by atoms with Crippen molar-refractivity contribution in [1.29, 1.82) is 0 Å². The van der Waals surface area contributed by atoms with Gasteiger partial charge in [0, 0.05) is 0 Å². The normalized spacial score (nSPS) is 30.6. The van der Waals surface area contributed by atoms with Crippen molar-refractivity contribution in [3.63, 3.8) is 0 Å². The summed E-state index contributed by atoms with van der Waals surface area (Å²) in [6.45, 7) is 0. The Bertz CT molecular complexity index is 661. The summed E-state index contributed by atoms with van der Waals surface area (Å²) in [7, 11) is 0. The van der Waals surface area contributed by atoms with Crippen LogP contribution in [-0.4, -0.2) is 48.0 Å². The highest BCUT2D eigenvalue weighted by Crippen LogP contribution is 2.32. The van der Waals surface area contributed by atoms with Gasteiger partial charge in [-0.15, -0.1) is 0 Å². The molecule has 3 rings (SSSR count). The number of hydrogen-bond acceptors (Lipinski definition) is 7. The molecule has 1 aliphatic rings. The minimum Gasteiger partial charge on any atom is -0.387 e. The maximum Gasteiger partial charge on any atom is 0.167 e. The molecule has 0 saturated carbocycles. The average molecular weight is 342 g/mol. The van der Waals surface area contributed by atoms with E-state index < -0.39 is 24.5 Å². The molecule has 4 atom stereocenters. The molecule has 2 aromatic heterocycles. The van der Waals surface area contributed by atoms with E-state index in [-0.39, 0.29) is 5.82 Å². The second-order valence-electron chi connectivity index (χ2n) is 4.37. The summed E-state index contributed by atoms with van der Waals surface area (Å²) < 4.78 is 7.15. The highest BCUT2D eigenvalue weighted by Gasteiger charge is 2.43. The Kier molecular flexibility index (Phi) is 3.42. The van der Waals surface area contributed by atoms with Crippen molar-refractivity contribution >= 4 is 32.9 Å². The van der Waals surface area contributed by atoms with Crippen LogP contribution in [0.3, 0.4) is 0 Å².